The monoisotopic (exact) mass is 322 g/mol. The van der Waals surface area contributed by atoms with Crippen molar-refractivity contribution in [3.05, 3.63) is 58.6 Å². The lowest BCUT2D eigenvalue weighted by Gasteiger charge is -2.09. The van der Waals surface area contributed by atoms with Crippen molar-refractivity contribution in [2.75, 3.05) is 7.11 Å². The maximum Gasteiger partial charge on any atom is 0.173 e. The molecule has 0 heterocycles. The highest BCUT2D eigenvalue weighted by Gasteiger charge is 2.09. The highest BCUT2D eigenvalue weighted by atomic mass is 35.5. The molecule has 6 heteroatoms. The molecule has 0 fully saturated rings. The third-order valence-corrected chi connectivity index (χ3v) is 4.20. The van der Waals surface area contributed by atoms with Crippen LogP contribution in [0.25, 0.3) is 0 Å². The van der Waals surface area contributed by atoms with E-state index in [2.05, 4.69) is 5.16 Å². The molecule has 21 heavy (non-hydrogen) atoms. The van der Waals surface area contributed by atoms with Gasteiger partial charge in [-0.15, -0.1) is 11.8 Å². The van der Waals surface area contributed by atoms with Gasteiger partial charge in [-0.1, -0.05) is 22.8 Å². The molecule has 0 saturated heterocycles. The van der Waals surface area contributed by atoms with Gasteiger partial charge < -0.3 is 15.7 Å². The van der Waals surface area contributed by atoms with Gasteiger partial charge >= 0.3 is 0 Å². The highest BCUT2D eigenvalue weighted by molar-refractivity contribution is 7.98. The molecule has 0 unspecified atom stereocenters. The Labute approximate surface area is 132 Å². The first-order chi connectivity index (χ1) is 10.1. The number of nitrogens with zero attached hydrogens (tertiary/aromatic N) is 1. The number of nitrogens with two attached hydrogens (primary N) is 1. The molecule has 0 atom stereocenters. The van der Waals surface area contributed by atoms with Gasteiger partial charge in [0.1, 0.15) is 5.75 Å². The summed E-state index contributed by atoms with van der Waals surface area (Å²) in [6.07, 6.45) is 0. The van der Waals surface area contributed by atoms with Crippen molar-refractivity contribution in [2.24, 2.45) is 10.9 Å². The Hall–Kier alpha value is -1.85. The Kier molecular flexibility index (Phi) is 5.36. The molecular weight excluding hydrogens is 308 g/mol. The van der Waals surface area contributed by atoms with Crippen molar-refractivity contribution in [3.63, 3.8) is 0 Å². The molecule has 110 valence electrons. The molecule has 0 aliphatic rings. The standard InChI is InChI=1S/C15H15ClN2O2S/c1-20-14-8-10(2-7-13(14)15(17)18-19)9-21-12-5-3-11(16)4-6-12/h2-8,19H,9H2,1H3,(H2,17,18). The van der Waals surface area contributed by atoms with Gasteiger partial charge in [0.25, 0.3) is 0 Å². The number of oxime groups is 1. The lowest BCUT2D eigenvalue weighted by Crippen LogP contribution is -2.14. The van der Waals surface area contributed by atoms with Crippen LogP contribution in [0.15, 0.2) is 52.5 Å². The molecule has 2 aromatic carbocycles. The van der Waals surface area contributed by atoms with Gasteiger partial charge in [-0.3, -0.25) is 0 Å². The van der Waals surface area contributed by atoms with E-state index < -0.39 is 0 Å². The fraction of sp³-hybridized carbons (Fsp3) is 0.133. The topological polar surface area (TPSA) is 67.8 Å². The van der Waals surface area contributed by atoms with Crippen molar-refractivity contribution in [1.82, 2.24) is 0 Å². The van der Waals surface area contributed by atoms with E-state index in [1.165, 1.54) is 0 Å². The summed E-state index contributed by atoms with van der Waals surface area (Å²) < 4.78 is 5.28. The maximum absolute atomic E-state index is 8.74. The predicted molar refractivity (Wildman–Crippen MR) is 86.5 cm³/mol. The largest absolute Gasteiger partial charge is 0.496 e. The summed E-state index contributed by atoms with van der Waals surface area (Å²) in [5.41, 5.74) is 7.26. The summed E-state index contributed by atoms with van der Waals surface area (Å²) >= 11 is 7.56. The number of thioether (sulfide) groups is 1. The smallest absolute Gasteiger partial charge is 0.173 e. The molecule has 2 rings (SSSR count). The minimum Gasteiger partial charge on any atom is -0.496 e. The zero-order valence-electron chi connectivity index (χ0n) is 11.4. The predicted octanol–water partition coefficient (Wildman–Crippen LogP) is 3.74. The minimum atomic E-state index is 0.0313. The van der Waals surface area contributed by atoms with Crippen molar-refractivity contribution in [3.8, 4) is 5.75 Å². The number of amidine groups is 1. The molecule has 0 saturated carbocycles. The first-order valence-corrected chi connectivity index (χ1v) is 7.53. The second kappa shape index (κ2) is 7.24. The molecule has 0 amide bonds. The van der Waals surface area contributed by atoms with E-state index in [0.717, 1.165) is 21.2 Å². The summed E-state index contributed by atoms with van der Waals surface area (Å²) in [5.74, 6) is 1.40. The zero-order chi connectivity index (χ0) is 15.2. The minimum absolute atomic E-state index is 0.0313. The van der Waals surface area contributed by atoms with Crippen LogP contribution in [-0.4, -0.2) is 18.2 Å². The van der Waals surface area contributed by atoms with Gasteiger partial charge in [-0.2, -0.15) is 0 Å². The average molecular weight is 323 g/mol. The molecule has 0 spiro atoms. The Morgan fingerprint density at radius 3 is 2.62 bits per heavy atom. The number of rotatable bonds is 5. The van der Waals surface area contributed by atoms with Gasteiger partial charge in [0.15, 0.2) is 5.84 Å². The Bertz CT molecular complexity index is 645. The van der Waals surface area contributed by atoms with Crippen molar-refractivity contribution in [2.45, 2.75) is 10.6 Å². The third-order valence-electron chi connectivity index (χ3n) is 2.87. The Balaban J connectivity index is 2.12. The van der Waals surface area contributed by atoms with Crippen LogP contribution in [0.5, 0.6) is 5.75 Å². The summed E-state index contributed by atoms with van der Waals surface area (Å²) in [6.45, 7) is 0. The second-order valence-electron chi connectivity index (χ2n) is 4.26. The number of hydrogen-bond donors (Lipinski definition) is 2. The van der Waals surface area contributed by atoms with Gasteiger partial charge in [0.05, 0.1) is 12.7 Å². The van der Waals surface area contributed by atoms with Crippen molar-refractivity contribution >= 4 is 29.2 Å². The molecule has 4 nitrogen and oxygen atoms in total. The average Bonchev–Trinajstić information content (AvgIpc) is 2.53. The van der Waals surface area contributed by atoms with E-state index in [-0.39, 0.29) is 5.84 Å². The van der Waals surface area contributed by atoms with Crippen LogP contribution in [0.3, 0.4) is 0 Å². The van der Waals surface area contributed by atoms with Crippen LogP contribution >= 0.6 is 23.4 Å². The third kappa shape index (κ3) is 4.06. The van der Waals surface area contributed by atoms with Crippen LogP contribution < -0.4 is 10.5 Å². The van der Waals surface area contributed by atoms with Crippen LogP contribution in [-0.2, 0) is 5.75 Å². The first kappa shape index (κ1) is 15.5. The first-order valence-electron chi connectivity index (χ1n) is 6.17. The summed E-state index contributed by atoms with van der Waals surface area (Å²) in [6, 6.07) is 13.3. The molecule has 3 N–H and O–H groups in total. The van der Waals surface area contributed by atoms with E-state index in [4.69, 9.17) is 27.3 Å². The van der Waals surface area contributed by atoms with Crippen molar-refractivity contribution in [1.29, 1.82) is 0 Å². The number of ether oxygens (including phenoxy) is 1. The summed E-state index contributed by atoms with van der Waals surface area (Å²) in [4.78, 5) is 1.14. The molecule has 2 aromatic rings. The summed E-state index contributed by atoms with van der Waals surface area (Å²) in [5, 5.41) is 12.5. The molecule has 0 aliphatic carbocycles. The molecule has 0 aliphatic heterocycles. The van der Waals surface area contributed by atoms with Gasteiger partial charge in [-0.25, -0.2) is 0 Å². The quantitative estimate of drug-likeness (QED) is 0.289. The molecule has 0 bridgehead atoms. The van der Waals surface area contributed by atoms with Gasteiger partial charge in [0, 0.05) is 15.7 Å². The van der Waals surface area contributed by atoms with Gasteiger partial charge in [0.2, 0.25) is 0 Å². The fourth-order valence-corrected chi connectivity index (χ4v) is 2.76. The highest BCUT2D eigenvalue weighted by Crippen LogP contribution is 2.27. The van der Waals surface area contributed by atoms with Crippen LogP contribution in [0.1, 0.15) is 11.1 Å². The van der Waals surface area contributed by atoms with Crippen LogP contribution in [0.4, 0.5) is 0 Å². The fourth-order valence-electron chi connectivity index (χ4n) is 1.79. The van der Waals surface area contributed by atoms with E-state index >= 15 is 0 Å². The molecular formula is C15H15ClN2O2S. The normalized spacial score (nSPS) is 11.4. The lowest BCUT2D eigenvalue weighted by atomic mass is 10.1. The number of halogens is 1. The summed E-state index contributed by atoms with van der Waals surface area (Å²) in [7, 11) is 1.56. The number of hydrogen-bond acceptors (Lipinski definition) is 4. The molecule has 0 aromatic heterocycles. The number of methoxy groups -OCH3 is 1. The van der Waals surface area contributed by atoms with Crippen molar-refractivity contribution < 1.29 is 9.94 Å². The van der Waals surface area contributed by atoms with Gasteiger partial charge in [-0.05, 0) is 42.0 Å². The Morgan fingerprint density at radius 2 is 2.00 bits per heavy atom. The second-order valence-corrected chi connectivity index (χ2v) is 5.75. The maximum atomic E-state index is 8.74. The van der Waals surface area contributed by atoms with E-state index in [1.807, 2.05) is 36.4 Å². The number of benzene rings is 2. The van der Waals surface area contributed by atoms with E-state index in [0.29, 0.717) is 11.3 Å². The van der Waals surface area contributed by atoms with Crippen LogP contribution in [0, 0.1) is 0 Å². The van der Waals surface area contributed by atoms with E-state index in [9.17, 15) is 0 Å². The Morgan fingerprint density at radius 1 is 1.29 bits per heavy atom. The van der Waals surface area contributed by atoms with E-state index in [1.54, 1.807) is 24.9 Å². The SMILES string of the molecule is COc1cc(CSc2ccc(Cl)cc2)ccc1/C(N)=N/O. The molecule has 0 radical (unpaired) electrons. The zero-order valence-corrected chi connectivity index (χ0v) is 13.0. The lowest BCUT2D eigenvalue weighted by molar-refractivity contribution is 0.318. The van der Waals surface area contributed by atoms with Crippen LogP contribution in [0.2, 0.25) is 5.02 Å².